The van der Waals surface area contributed by atoms with Crippen molar-refractivity contribution in [3.05, 3.63) is 65.0 Å². The molecule has 2 N–H and O–H groups in total. The number of nitrogens with zero attached hydrogens (tertiary/aromatic N) is 1. The van der Waals surface area contributed by atoms with Crippen LogP contribution in [0.3, 0.4) is 0 Å². The molecule has 4 nitrogen and oxygen atoms in total. The fraction of sp³-hybridized carbons (Fsp3) is 0.0667. The van der Waals surface area contributed by atoms with Crippen LogP contribution in [0, 0.1) is 12.7 Å². The maximum Gasteiger partial charge on any atom is 0.275 e. The Labute approximate surface area is 115 Å². The highest BCUT2D eigenvalue weighted by atomic mass is 19.1. The number of hydrogen-bond acceptors (Lipinski definition) is 3. The molecule has 20 heavy (non-hydrogen) atoms. The summed E-state index contributed by atoms with van der Waals surface area (Å²) in [5, 5.41) is 13.3. The maximum atomic E-state index is 13.3. The van der Waals surface area contributed by atoms with E-state index in [0.29, 0.717) is 11.1 Å². The van der Waals surface area contributed by atoms with E-state index in [1.165, 1.54) is 24.4 Å². The number of hydrogen-bond donors (Lipinski definition) is 2. The molecule has 0 aliphatic carbocycles. The maximum absolute atomic E-state index is 13.3. The lowest BCUT2D eigenvalue weighted by Crippen LogP contribution is -2.17. The van der Waals surface area contributed by atoms with E-state index >= 15 is 0 Å². The van der Waals surface area contributed by atoms with Gasteiger partial charge in [-0.3, -0.25) is 4.79 Å². The van der Waals surface area contributed by atoms with Crippen molar-refractivity contribution >= 4 is 12.1 Å². The highest BCUT2D eigenvalue weighted by Crippen LogP contribution is 2.15. The van der Waals surface area contributed by atoms with Crippen molar-refractivity contribution < 1.29 is 14.3 Å². The van der Waals surface area contributed by atoms with Crippen LogP contribution in [0.2, 0.25) is 0 Å². The summed E-state index contributed by atoms with van der Waals surface area (Å²) in [5.74, 6) is -0.989. The van der Waals surface area contributed by atoms with Crippen LogP contribution in [0.25, 0.3) is 0 Å². The third kappa shape index (κ3) is 3.00. The first-order chi connectivity index (χ1) is 9.59. The molecule has 0 fully saturated rings. The number of carbonyl (C=O) groups is 1. The normalized spacial score (nSPS) is 10.7. The van der Waals surface area contributed by atoms with E-state index in [2.05, 4.69) is 10.5 Å². The van der Waals surface area contributed by atoms with E-state index in [1.54, 1.807) is 31.2 Å². The minimum absolute atomic E-state index is 0.123. The van der Waals surface area contributed by atoms with Crippen molar-refractivity contribution in [3.8, 4) is 5.75 Å². The van der Waals surface area contributed by atoms with Gasteiger partial charge in [0.05, 0.1) is 11.8 Å². The van der Waals surface area contributed by atoms with E-state index in [-0.39, 0.29) is 17.1 Å². The highest BCUT2D eigenvalue weighted by Gasteiger charge is 2.08. The number of phenols is 1. The molecule has 0 heterocycles. The van der Waals surface area contributed by atoms with Crippen LogP contribution < -0.4 is 5.43 Å². The molecule has 5 heteroatoms. The van der Waals surface area contributed by atoms with Gasteiger partial charge in [-0.15, -0.1) is 0 Å². The van der Waals surface area contributed by atoms with Crippen molar-refractivity contribution in [2.45, 2.75) is 6.92 Å². The predicted molar refractivity (Wildman–Crippen MR) is 74.3 cm³/mol. The lowest BCUT2D eigenvalue weighted by Gasteiger charge is -2.03. The smallest absolute Gasteiger partial charge is 0.275 e. The number of hydrazone groups is 1. The Bertz CT molecular complexity index is 669. The molecule has 0 saturated carbocycles. The lowest BCUT2D eigenvalue weighted by molar-refractivity contribution is 0.0952. The zero-order chi connectivity index (χ0) is 14.5. The molecular formula is C15H13FN2O2. The topological polar surface area (TPSA) is 61.7 Å². The number of nitrogens with one attached hydrogen (secondary N) is 1. The number of aromatic hydroxyl groups is 1. The van der Waals surface area contributed by atoms with E-state index in [0.717, 1.165) is 0 Å². The molecule has 0 aliphatic rings. The third-order valence-corrected chi connectivity index (χ3v) is 2.83. The van der Waals surface area contributed by atoms with Gasteiger partial charge < -0.3 is 5.11 Å². The van der Waals surface area contributed by atoms with Crippen LogP contribution in [0.1, 0.15) is 21.5 Å². The second-order valence-electron chi connectivity index (χ2n) is 4.17. The molecule has 0 radical (unpaired) electrons. The minimum Gasteiger partial charge on any atom is -0.507 e. The lowest BCUT2D eigenvalue weighted by atomic mass is 10.1. The van der Waals surface area contributed by atoms with Gasteiger partial charge in [-0.05, 0) is 30.7 Å². The van der Waals surface area contributed by atoms with Gasteiger partial charge in [0.2, 0.25) is 0 Å². The summed E-state index contributed by atoms with van der Waals surface area (Å²) in [6, 6.07) is 10.7. The van der Waals surface area contributed by atoms with E-state index < -0.39 is 5.91 Å². The zero-order valence-electron chi connectivity index (χ0n) is 10.8. The summed E-state index contributed by atoms with van der Waals surface area (Å²) >= 11 is 0. The Balaban J connectivity index is 2.09. The Morgan fingerprint density at radius 2 is 2.00 bits per heavy atom. The van der Waals surface area contributed by atoms with E-state index in [4.69, 9.17) is 0 Å². The first-order valence-electron chi connectivity index (χ1n) is 5.96. The largest absolute Gasteiger partial charge is 0.507 e. The van der Waals surface area contributed by atoms with Gasteiger partial charge in [0.15, 0.2) is 0 Å². The molecular weight excluding hydrogens is 259 g/mol. The van der Waals surface area contributed by atoms with Gasteiger partial charge >= 0.3 is 0 Å². The molecule has 2 aromatic carbocycles. The monoisotopic (exact) mass is 272 g/mol. The Morgan fingerprint density at radius 1 is 1.25 bits per heavy atom. The molecule has 1 amide bonds. The fourth-order valence-corrected chi connectivity index (χ4v) is 1.65. The molecule has 0 spiro atoms. The quantitative estimate of drug-likeness (QED) is 0.666. The van der Waals surface area contributed by atoms with Gasteiger partial charge in [-0.25, -0.2) is 9.82 Å². The number of amides is 1. The Kier molecular flexibility index (Phi) is 4.10. The minimum atomic E-state index is -0.534. The second kappa shape index (κ2) is 5.97. The molecule has 0 bridgehead atoms. The van der Waals surface area contributed by atoms with Crippen LogP contribution in [0.4, 0.5) is 4.39 Å². The van der Waals surface area contributed by atoms with Crippen LogP contribution in [-0.4, -0.2) is 17.2 Å². The molecule has 0 saturated heterocycles. The van der Waals surface area contributed by atoms with Gasteiger partial charge in [0.25, 0.3) is 5.91 Å². The average Bonchev–Trinajstić information content (AvgIpc) is 2.44. The van der Waals surface area contributed by atoms with Gasteiger partial charge in [-0.1, -0.05) is 24.3 Å². The van der Waals surface area contributed by atoms with Crippen molar-refractivity contribution in [2.24, 2.45) is 5.10 Å². The Hall–Kier alpha value is -2.69. The van der Waals surface area contributed by atoms with Crippen LogP contribution in [0.15, 0.2) is 47.6 Å². The highest BCUT2D eigenvalue weighted by molar-refractivity contribution is 5.97. The summed E-state index contributed by atoms with van der Waals surface area (Å²) in [7, 11) is 0. The second-order valence-corrected chi connectivity index (χ2v) is 4.17. The third-order valence-electron chi connectivity index (χ3n) is 2.83. The number of carbonyl (C=O) groups excluding carboxylic acids is 1. The van der Waals surface area contributed by atoms with Crippen LogP contribution in [0.5, 0.6) is 5.75 Å². The number of phenolic OH excluding ortho intramolecular Hbond substituents is 1. The summed E-state index contributed by atoms with van der Waals surface area (Å²) in [5.41, 5.74) is 3.43. The van der Waals surface area contributed by atoms with E-state index in [1.807, 2.05) is 0 Å². The van der Waals surface area contributed by atoms with E-state index in [9.17, 15) is 14.3 Å². The fourth-order valence-electron chi connectivity index (χ4n) is 1.65. The molecule has 2 aromatic rings. The first kappa shape index (κ1) is 13.7. The van der Waals surface area contributed by atoms with Crippen molar-refractivity contribution in [1.29, 1.82) is 0 Å². The summed E-state index contributed by atoms with van der Waals surface area (Å²) in [6.07, 6.45) is 1.36. The van der Waals surface area contributed by atoms with Gasteiger partial charge in [0, 0.05) is 5.56 Å². The molecule has 0 aromatic heterocycles. The molecule has 2 rings (SSSR count). The van der Waals surface area contributed by atoms with Crippen molar-refractivity contribution in [2.75, 3.05) is 0 Å². The summed E-state index contributed by atoms with van der Waals surface area (Å²) < 4.78 is 13.3. The van der Waals surface area contributed by atoms with Gasteiger partial charge in [0.1, 0.15) is 11.6 Å². The standard InChI is InChI=1S/C15H13FN2O2/c1-10-11(5-4-7-13(10)16)9-17-18-15(20)12-6-2-3-8-14(12)19/h2-9,19H,1H3,(H,18,20)/b17-9+. The first-order valence-corrected chi connectivity index (χ1v) is 5.96. The average molecular weight is 272 g/mol. The van der Waals surface area contributed by atoms with Gasteiger partial charge in [-0.2, -0.15) is 5.10 Å². The van der Waals surface area contributed by atoms with Crippen LogP contribution in [-0.2, 0) is 0 Å². The van der Waals surface area contributed by atoms with Crippen LogP contribution >= 0.6 is 0 Å². The predicted octanol–water partition coefficient (Wildman–Crippen LogP) is 2.60. The molecule has 102 valence electrons. The van der Waals surface area contributed by atoms with Crippen molar-refractivity contribution in [3.63, 3.8) is 0 Å². The zero-order valence-corrected chi connectivity index (χ0v) is 10.8. The number of halogens is 1. The summed E-state index contributed by atoms with van der Waals surface area (Å²) in [4.78, 5) is 11.7. The molecule has 0 atom stereocenters. The molecule has 0 unspecified atom stereocenters. The molecule has 0 aliphatic heterocycles. The number of rotatable bonds is 3. The Morgan fingerprint density at radius 3 is 2.75 bits per heavy atom. The van der Waals surface area contributed by atoms with Crippen molar-refractivity contribution in [1.82, 2.24) is 5.43 Å². The number of benzene rings is 2. The SMILES string of the molecule is Cc1c(F)cccc1/C=N/NC(=O)c1ccccc1O. The summed E-state index contributed by atoms with van der Waals surface area (Å²) in [6.45, 7) is 1.63. The number of para-hydroxylation sites is 1.